The van der Waals surface area contributed by atoms with Crippen LogP contribution in [0.15, 0.2) is 24.3 Å². The first-order valence-electron chi connectivity index (χ1n) is 9.18. The molecular weight excluding hydrogens is 354 g/mol. The maximum absolute atomic E-state index is 12.6. The highest BCUT2D eigenvalue weighted by Crippen LogP contribution is 2.37. The number of benzene rings is 1. The average Bonchev–Trinajstić information content (AvgIpc) is 2.59. The molecule has 0 aliphatic carbocycles. The number of piperidine rings is 1. The van der Waals surface area contributed by atoms with Gasteiger partial charge in [0.2, 0.25) is 5.91 Å². The molecular formula is C20H28ClNO4. The standard InChI is InChI=1S/C20H28ClNO4/c1-14(2)8-10-20(19(25)26)13-22(11-9-17(20)23)18(24)7-6-15-4-3-5-16(21)12-15/h3-5,12,14,17,23H,6-11,13H2,1-2H3,(H,25,26)/t17-,20-/m1/s1. The molecule has 1 aromatic carbocycles. The molecule has 2 rings (SSSR count). The first-order chi connectivity index (χ1) is 12.2. The topological polar surface area (TPSA) is 77.8 Å². The normalized spacial score (nSPS) is 23.3. The minimum Gasteiger partial charge on any atom is -0.481 e. The van der Waals surface area contributed by atoms with Crippen LogP contribution in [0.1, 0.15) is 45.1 Å². The Labute approximate surface area is 160 Å². The first kappa shape index (κ1) is 20.7. The number of aryl methyl sites for hydroxylation is 1. The van der Waals surface area contributed by atoms with E-state index in [0.29, 0.717) is 49.6 Å². The third-order valence-corrected chi connectivity index (χ3v) is 5.48. The Hall–Kier alpha value is -1.59. The number of likely N-dealkylation sites (tertiary alicyclic amines) is 1. The molecule has 2 atom stereocenters. The number of hydrogen-bond donors (Lipinski definition) is 2. The zero-order valence-electron chi connectivity index (χ0n) is 15.4. The van der Waals surface area contributed by atoms with Crippen molar-refractivity contribution in [2.45, 2.75) is 52.1 Å². The third-order valence-electron chi connectivity index (χ3n) is 5.25. The van der Waals surface area contributed by atoms with E-state index in [-0.39, 0.29) is 12.5 Å². The zero-order chi connectivity index (χ0) is 19.3. The molecule has 0 saturated carbocycles. The molecule has 26 heavy (non-hydrogen) atoms. The van der Waals surface area contributed by atoms with Crippen LogP contribution < -0.4 is 0 Å². The summed E-state index contributed by atoms with van der Waals surface area (Å²) >= 11 is 5.97. The fraction of sp³-hybridized carbons (Fsp3) is 0.600. The van der Waals surface area contributed by atoms with Crippen molar-refractivity contribution in [2.75, 3.05) is 13.1 Å². The predicted octanol–water partition coefficient (Wildman–Crippen LogP) is 3.37. The summed E-state index contributed by atoms with van der Waals surface area (Å²) in [5.74, 6) is -0.752. The molecule has 2 N–H and O–H groups in total. The number of carbonyl (C=O) groups is 2. The number of hydrogen-bond acceptors (Lipinski definition) is 3. The van der Waals surface area contributed by atoms with Crippen LogP contribution in [-0.4, -0.2) is 46.2 Å². The fourth-order valence-electron chi connectivity index (χ4n) is 3.50. The molecule has 0 bridgehead atoms. The Bertz CT molecular complexity index is 648. The van der Waals surface area contributed by atoms with Crippen molar-refractivity contribution in [1.82, 2.24) is 4.90 Å². The van der Waals surface area contributed by atoms with Crippen LogP contribution in [0.4, 0.5) is 0 Å². The van der Waals surface area contributed by atoms with Crippen LogP contribution in [0.3, 0.4) is 0 Å². The Kier molecular flexibility index (Phi) is 7.07. The quantitative estimate of drug-likeness (QED) is 0.759. The lowest BCUT2D eigenvalue weighted by Crippen LogP contribution is -2.57. The maximum Gasteiger partial charge on any atom is 0.314 e. The van der Waals surface area contributed by atoms with E-state index < -0.39 is 17.5 Å². The van der Waals surface area contributed by atoms with Gasteiger partial charge in [0, 0.05) is 24.5 Å². The lowest BCUT2D eigenvalue weighted by atomic mass is 9.72. The van der Waals surface area contributed by atoms with Gasteiger partial charge in [-0.15, -0.1) is 0 Å². The number of rotatable bonds is 7. The molecule has 1 saturated heterocycles. The van der Waals surface area contributed by atoms with E-state index in [2.05, 4.69) is 0 Å². The predicted molar refractivity (Wildman–Crippen MR) is 101 cm³/mol. The molecule has 0 spiro atoms. The van der Waals surface area contributed by atoms with Crippen molar-refractivity contribution in [3.05, 3.63) is 34.9 Å². The Balaban J connectivity index is 2.04. The highest BCUT2D eigenvalue weighted by atomic mass is 35.5. The molecule has 1 aliphatic rings. The van der Waals surface area contributed by atoms with E-state index >= 15 is 0 Å². The van der Waals surface area contributed by atoms with Gasteiger partial charge in [-0.2, -0.15) is 0 Å². The summed E-state index contributed by atoms with van der Waals surface area (Å²) in [6.07, 6.45) is 1.32. The van der Waals surface area contributed by atoms with Gasteiger partial charge in [0.05, 0.1) is 6.10 Å². The average molecular weight is 382 g/mol. The van der Waals surface area contributed by atoms with Crippen molar-refractivity contribution < 1.29 is 19.8 Å². The van der Waals surface area contributed by atoms with E-state index in [1.807, 2.05) is 32.0 Å². The Morgan fingerprint density at radius 2 is 2.12 bits per heavy atom. The van der Waals surface area contributed by atoms with Gasteiger partial charge in [0.25, 0.3) is 0 Å². The number of aliphatic hydroxyl groups excluding tert-OH is 1. The van der Waals surface area contributed by atoms with Crippen molar-refractivity contribution in [1.29, 1.82) is 0 Å². The van der Waals surface area contributed by atoms with Crippen molar-refractivity contribution in [3.8, 4) is 0 Å². The highest BCUT2D eigenvalue weighted by Gasteiger charge is 2.49. The van der Waals surface area contributed by atoms with E-state index in [9.17, 15) is 19.8 Å². The van der Waals surface area contributed by atoms with Crippen LogP contribution in [0.5, 0.6) is 0 Å². The molecule has 144 valence electrons. The summed E-state index contributed by atoms with van der Waals surface area (Å²) in [5, 5.41) is 20.8. The van der Waals surface area contributed by atoms with Crippen LogP contribution in [0.2, 0.25) is 5.02 Å². The van der Waals surface area contributed by atoms with Gasteiger partial charge in [0.1, 0.15) is 5.41 Å². The number of halogens is 1. The molecule has 0 aromatic heterocycles. The first-order valence-corrected chi connectivity index (χ1v) is 9.56. The van der Waals surface area contributed by atoms with Gasteiger partial charge in [-0.25, -0.2) is 0 Å². The van der Waals surface area contributed by atoms with Crippen LogP contribution in [-0.2, 0) is 16.0 Å². The third kappa shape index (κ3) is 4.98. The molecule has 1 heterocycles. The highest BCUT2D eigenvalue weighted by molar-refractivity contribution is 6.30. The van der Waals surface area contributed by atoms with Crippen LogP contribution in [0, 0.1) is 11.3 Å². The minimum absolute atomic E-state index is 0.0740. The van der Waals surface area contributed by atoms with Gasteiger partial charge in [-0.05, 0) is 49.3 Å². The second-order valence-corrected chi connectivity index (χ2v) is 8.08. The number of aliphatic hydroxyl groups is 1. The van der Waals surface area contributed by atoms with Gasteiger partial charge in [0.15, 0.2) is 0 Å². The second-order valence-electron chi connectivity index (χ2n) is 7.64. The second kappa shape index (κ2) is 8.87. The van der Waals surface area contributed by atoms with Crippen molar-refractivity contribution >= 4 is 23.5 Å². The maximum atomic E-state index is 12.6. The van der Waals surface area contributed by atoms with Crippen LogP contribution >= 0.6 is 11.6 Å². The van der Waals surface area contributed by atoms with E-state index in [1.54, 1.807) is 11.0 Å². The lowest BCUT2D eigenvalue weighted by Gasteiger charge is -2.43. The number of carboxylic acids is 1. The summed E-state index contributed by atoms with van der Waals surface area (Å²) in [5.41, 5.74) is -0.291. The zero-order valence-corrected chi connectivity index (χ0v) is 16.2. The largest absolute Gasteiger partial charge is 0.481 e. The Morgan fingerprint density at radius 3 is 2.73 bits per heavy atom. The molecule has 1 aromatic rings. The minimum atomic E-state index is -1.27. The number of nitrogens with zero attached hydrogens (tertiary/aromatic N) is 1. The monoisotopic (exact) mass is 381 g/mol. The van der Waals surface area contributed by atoms with E-state index in [4.69, 9.17) is 11.6 Å². The smallest absolute Gasteiger partial charge is 0.314 e. The number of carbonyl (C=O) groups excluding carboxylic acids is 1. The summed E-state index contributed by atoms with van der Waals surface area (Å²) in [6.45, 7) is 4.52. The van der Waals surface area contributed by atoms with Crippen molar-refractivity contribution in [2.24, 2.45) is 11.3 Å². The summed E-state index contributed by atoms with van der Waals surface area (Å²) in [6, 6.07) is 7.39. The van der Waals surface area contributed by atoms with Gasteiger partial charge in [-0.3, -0.25) is 9.59 Å². The SMILES string of the molecule is CC(C)CC[C@@]1(C(=O)O)CN(C(=O)CCc2cccc(Cl)c2)CC[C@H]1O. The molecule has 5 nitrogen and oxygen atoms in total. The summed E-state index contributed by atoms with van der Waals surface area (Å²) < 4.78 is 0. The molecule has 1 aliphatic heterocycles. The molecule has 6 heteroatoms. The summed E-state index contributed by atoms with van der Waals surface area (Å²) in [7, 11) is 0. The number of amides is 1. The lowest BCUT2D eigenvalue weighted by molar-refractivity contribution is -0.167. The molecule has 0 unspecified atom stereocenters. The Morgan fingerprint density at radius 1 is 1.38 bits per heavy atom. The fourth-order valence-corrected chi connectivity index (χ4v) is 3.72. The van der Waals surface area contributed by atoms with Crippen LogP contribution in [0.25, 0.3) is 0 Å². The van der Waals surface area contributed by atoms with Gasteiger partial charge in [-0.1, -0.05) is 37.6 Å². The van der Waals surface area contributed by atoms with E-state index in [1.165, 1.54) is 0 Å². The molecule has 1 amide bonds. The number of aliphatic carboxylic acids is 1. The van der Waals surface area contributed by atoms with Crippen molar-refractivity contribution in [3.63, 3.8) is 0 Å². The van der Waals surface area contributed by atoms with E-state index in [0.717, 1.165) is 5.56 Å². The summed E-state index contributed by atoms with van der Waals surface area (Å²) in [4.78, 5) is 26.2. The molecule has 1 fully saturated rings. The number of carboxylic acid groups (broad SMARTS) is 1. The van der Waals surface area contributed by atoms with Gasteiger partial charge >= 0.3 is 5.97 Å². The molecule has 0 radical (unpaired) electrons. The van der Waals surface area contributed by atoms with Gasteiger partial charge < -0.3 is 15.1 Å².